The van der Waals surface area contributed by atoms with E-state index in [1.807, 2.05) is 36.4 Å². The Labute approximate surface area is 133 Å². The summed E-state index contributed by atoms with van der Waals surface area (Å²) in [5.74, 6) is 0. The maximum atomic E-state index is 12.0. The lowest BCUT2D eigenvalue weighted by atomic mass is 10.1. The van der Waals surface area contributed by atoms with E-state index in [1.165, 1.54) is 44.9 Å². The predicted molar refractivity (Wildman–Crippen MR) is 96.2 cm³/mol. The highest BCUT2D eigenvalue weighted by Crippen LogP contribution is 2.12. The van der Waals surface area contributed by atoms with Gasteiger partial charge in [-0.25, -0.2) is 0 Å². The first kappa shape index (κ1) is 16.5. The minimum absolute atomic E-state index is 0.00508. The molecule has 1 N–H and O–H groups in total. The molecule has 0 bridgehead atoms. The quantitative estimate of drug-likeness (QED) is 0.593. The Bertz CT molecular complexity index is 654. The number of unbranched alkanes of at least 4 members (excludes halogenated alkanes) is 7. The zero-order valence-corrected chi connectivity index (χ0v) is 13.6. The van der Waals surface area contributed by atoms with Crippen molar-refractivity contribution in [2.24, 2.45) is 0 Å². The van der Waals surface area contributed by atoms with E-state index in [1.54, 1.807) is 0 Å². The second kappa shape index (κ2) is 9.24. The Morgan fingerprint density at radius 3 is 2.55 bits per heavy atom. The second-order valence-corrected chi connectivity index (χ2v) is 5.95. The number of H-pyrrole nitrogens is 1. The highest BCUT2D eigenvalue weighted by Gasteiger charge is 1.98. The molecule has 2 heteroatoms. The van der Waals surface area contributed by atoms with Crippen LogP contribution in [0.1, 0.15) is 63.9 Å². The summed E-state index contributed by atoms with van der Waals surface area (Å²) in [4.78, 5) is 14.9. The van der Waals surface area contributed by atoms with E-state index in [0.717, 1.165) is 22.9 Å². The van der Waals surface area contributed by atoms with E-state index in [0.29, 0.717) is 0 Å². The summed E-state index contributed by atoms with van der Waals surface area (Å²) in [6.07, 6.45) is 14.4. The van der Waals surface area contributed by atoms with Crippen LogP contribution in [0.25, 0.3) is 17.0 Å². The van der Waals surface area contributed by atoms with Gasteiger partial charge < -0.3 is 4.98 Å². The Balaban J connectivity index is 1.78. The smallest absolute Gasteiger partial charge is 0.255 e. The van der Waals surface area contributed by atoms with Gasteiger partial charge in [0.2, 0.25) is 0 Å². The number of hydrogen-bond acceptors (Lipinski definition) is 1. The normalized spacial score (nSPS) is 11.5. The maximum Gasteiger partial charge on any atom is 0.255 e. The Morgan fingerprint density at radius 1 is 1.00 bits per heavy atom. The molecule has 0 amide bonds. The number of benzene rings is 1. The van der Waals surface area contributed by atoms with Gasteiger partial charge in [-0.2, -0.15) is 0 Å². The average molecular weight is 297 g/mol. The van der Waals surface area contributed by atoms with Gasteiger partial charge in [-0.15, -0.1) is 0 Å². The summed E-state index contributed by atoms with van der Waals surface area (Å²) in [7, 11) is 0. The van der Waals surface area contributed by atoms with Gasteiger partial charge in [0.25, 0.3) is 5.56 Å². The minimum Gasteiger partial charge on any atom is -0.321 e. The number of para-hydroxylation sites is 1. The standard InChI is InChI=1S/C20H27NO/c1-2-3-4-5-6-7-8-9-10-14-18-16-17-13-11-12-15-19(17)21-20(18)22/h10-16H,2-9H2,1H3,(H,21,22). The lowest BCUT2D eigenvalue weighted by Gasteiger charge is -2.00. The summed E-state index contributed by atoms with van der Waals surface area (Å²) in [6, 6.07) is 9.86. The molecular formula is C20H27NO. The molecule has 0 radical (unpaired) electrons. The molecule has 118 valence electrons. The molecule has 0 saturated heterocycles. The third-order valence-electron chi connectivity index (χ3n) is 4.05. The number of rotatable bonds is 9. The van der Waals surface area contributed by atoms with Crippen LogP contribution in [0.2, 0.25) is 0 Å². The van der Waals surface area contributed by atoms with E-state index in [9.17, 15) is 4.79 Å². The molecule has 0 fully saturated rings. The van der Waals surface area contributed by atoms with Crippen molar-refractivity contribution in [1.82, 2.24) is 4.98 Å². The number of aromatic amines is 1. The molecule has 0 saturated carbocycles. The van der Waals surface area contributed by atoms with Gasteiger partial charge >= 0.3 is 0 Å². The Hall–Kier alpha value is -1.83. The van der Waals surface area contributed by atoms with Crippen LogP contribution >= 0.6 is 0 Å². The number of hydrogen-bond donors (Lipinski definition) is 1. The largest absolute Gasteiger partial charge is 0.321 e. The van der Waals surface area contributed by atoms with E-state index >= 15 is 0 Å². The molecule has 1 aromatic carbocycles. The monoisotopic (exact) mass is 297 g/mol. The maximum absolute atomic E-state index is 12.0. The van der Waals surface area contributed by atoms with Gasteiger partial charge in [0.1, 0.15) is 0 Å². The topological polar surface area (TPSA) is 32.9 Å². The molecule has 22 heavy (non-hydrogen) atoms. The summed E-state index contributed by atoms with van der Waals surface area (Å²) in [5, 5.41) is 1.08. The number of pyridine rings is 1. The SMILES string of the molecule is CCCCCCCCCC=Cc1cc2ccccc2[nH]c1=O. The molecule has 0 atom stereocenters. The summed E-state index contributed by atoms with van der Waals surface area (Å²) in [6.45, 7) is 2.25. The van der Waals surface area contributed by atoms with E-state index in [2.05, 4.69) is 18.0 Å². The molecule has 0 aliphatic rings. The van der Waals surface area contributed by atoms with Crippen molar-refractivity contribution in [3.63, 3.8) is 0 Å². The molecule has 0 aliphatic heterocycles. The van der Waals surface area contributed by atoms with Gasteiger partial charge in [0.15, 0.2) is 0 Å². The molecule has 0 unspecified atom stereocenters. The molecule has 1 aromatic heterocycles. The van der Waals surface area contributed by atoms with Crippen molar-refractivity contribution in [3.05, 3.63) is 52.3 Å². The van der Waals surface area contributed by atoms with Crippen molar-refractivity contribution >= 4 is 17.0 Å². The molecule has 0 aliphatic carbocycles. The second-order valence-electron chi connectivity index (χ2n) is 5.95. The van der Waals surface area contributed by atoms with Crippen LogP contribution in [0, 0.1) is 0 Å². The Morgan fingerprint density at radius 2 is 1.73 bits per heavy atom. The fraction of sp³-hybridized carbons (Fsp3) is 0.450. The number of nitrogens with one attached hydrogen (secondary N) is 1. The molecule has 1 heterocycles. The fourth-order valence-corrected chi connectivity index (χ4v) is 2.72. The number of allylic oxidation sites excluding steroid dienone is 1. The average Bonchev–Trinajstić information content (AvgIpc) is 2.53. The molecule has 2 nitrogen and oxygen atoms in total. The number of aromatic nitrogens is 1. The van der Waals surface area contributed by atoms with Crippen LogP contribution < -0.4 is 5.56 Å². The highest BCUT2D eigenvalue weighted by atomic mass is 16.1. The van der Waals surface area contributed by atoms with Gasteiger partial charge in [-0.05, 0) is 30.4 Å². The van der Waals surface area contributed by atoms with Crippen molar-refractivity contribution in [1.29, 1.82) is 0 Å². The van der Waals surface area contributed by atoms with E-state index in [4.69, 9.17) is 0 Å². The first-order valence-corrected chi connectivity index (χ1v) is 8.60. The summed E-state index contributed by atoms with van der Waals surface area (Å²) >= 11 is 0. The fourth-order valence-electron chi connectivity index (χ4n) is 2.72. The zero-order chi connectivity index (χ0) is 15.6. The van der Waals surface area contributed by atoms with Gasteiger partial charge in [-0.3, -0.25) is 4.79 Å². The summed E-state index contributed by atoms with van der Waals surface area (Å²) in [5.41, 5.74) is 1.65. The first-order chi connectivity index (χ1) is 10.8. The van der Waals surface area contributed by atoms with Gasteiger partial charge in [0.05, 0.1) is 0 Å². The summed E-state index contributed by atoms with van der Waals surface area (Å²) < 4.78 is 0. The van der Waals surface area contributed by atoms with Crippen molar-refractivity contribution in [3.8, 4) is 0 Å². The lowest BCUT2D eigenvalue weighted by Crippen LogP contribution is -2.08. The van der Waals surface area contributed by atoms with Crippen LogP contribution in [-0.4, -0.2) is 4.98 Å². The van der Waals surface area contributed by atoms with Crippen LogP contribution in [0.3, 0.4) is 0 Å². The third kappa shape index (κ3) is 5.18. The number of fused-ring (bicyclic) bond motifs is 1. The Kier molecular flexibility index (Phi) is 6.95. The molecule has 0 spiro atoms. The van der Waals surface area contributed by atoms with Crippen molar-refractivity contribution < 1.29 is 0 Å². The van der Waals surface area contributed by atoms with Crippen LogP contribution in [0.4, 0.5) is 0 Å². The van der Waals surface area contributed by atoms with Crippen LogP contribution in [0.5, 0.6) is 0 Å². The highest BCUT2D eigenvalue weighted by molar-refractivity contribution is 5.80. The van der Waals surface area contributed by atoms with Crippen molar-refractivity contribution in [2.45, 2.75) is 58.3 Å². The van der Waals surface area contributed by atoms with Gasteiger partial charge in [0, 0.05) is 11.1 Å². The van der Waals surface area contributed by atoms with E-state index in [-0.39, 0.29) is 5.56 Å². The molecule has 2 aromatic rings. The van der Waals surface area contributed by atoms with Crippen molar-refractivity contribution in [2.75, 3.05) is 0 Å². The van der Waals surface area contributed by atoms with Crippen LogP contribution in [-0.2, 0) is 0 Å². The minimum atomic E-state index is -0.00508. The lowest BCUT2D eigenvalue weighted by molar-refractivity contribution is 0.592. The zero-order valence-electron chi connectivity index (χ0n) is 13.6. The van der Waals surface area contributed by atoms with E-state index < -0.39 is 0 Å². The van der Waals surface area contributed by atoms with Crippen LogP contribution in [0.15, 0.2) is 41.2 Å². The van der Waals surface area contributed by atoms with Gasteiger partial charge in [-0.1, -0.05) is 75.8 Å². The first-order valence-electron chi connectivity index (χ1n) is 8.60. The predicted octanol–water partition coefficient (Wildman–Crippen LogP) is 5.68. The third-order valence-corrected chi connectivity index (χ3v) is 4.05. The molecule has 2 rings (SSSR count). The molecular weight excluding hydrogens is 270 g/mol.